The summed E-state index contributed by atoms with van der Waals surface area (Å²) in [5, 5.41) is 0. The first-order chi connectivity index (χ1) is 13.6. The van der Waals surface area contributed by atoms with E-state index in [0.29, 0.717) is 22.7 Å². The number of methoxy groups -OCH3 is 1. The lowest BCUT2D eigenvalue weighted by atomic mass is 9.94. The predicted molar refractivity (Wildman–Crippen MR) is 103 cm³/mol. The summed E-state index contributed by atoms with van der Waals surface area (Å²) < 4.78 is 20.8. The molecule has 1 heterocycles. The maximum atomic E-state index is 14.2. The highest BCUT2D eigenvalue weighted by molar-refractivity contribution is 6.25. The molecule has 1 unspecified atom stereocenters. The first-order valence-electron chi connectivity index (χ1n) is 8.85. The van der Waals surface area contributed by atoms with Crippen molar-refractivity contribution in [3.05, 3.63) is 84.2 Å². The minimum atomic E-state index is -0.600. The zero-order valence-electron chi connectivity index (χ0n) is 15.2. The zero-order valence-corrected chi connectivity index (χ0v) is 15.2. The fraction of sp³-hybridized carbons (Fsp3) is 0.136. The van der Waals surface area contributed by atoms with Gasteiger partial charge in [-0.3, -0.25) is 0 Å². The van der Waals surface area contributed by atoms with Crippen molar-refractivity contribution in [2.45, 2.75) is 6.54 Å². The number of hydrogen-bond donors (Lipinski definition) is 0. The molecule has 0 aromatic heterocycles. The Morgan fingerprint density at radius 3 is 2.54 bits per heavy atom. The van der Waals surface area contributed by atoms with E-state index in [1.807, 2.05) is 0 Å². The van der Waals surface area contributed by atoms with E-state index in [1.54, 1.807) is 73.9 Å². The van der Waals surface area contributed by atoms with Gasteiger partial charge in [0.25, 0.3) is 0 Å². The van der Waals surface area contributed by atoms with Crippen molar-refractivity contribution in [2.75, 3.05) is 12.0 Å². The lowest BCUT2D eigenvalue weighted by molar-refractivity contribution is -0.446. The van der Waals surface area contributed by atoms with Crippen LogP contribution in [-0.2, 0) is 11.3 Å². The molecule has 28 heavy (non-hydrogen) atoms. The van der Waals surface area contributed by atoms with Crippen LogP contribution >= 0.6 is 0 Å². The number of anilines is 1. The number of hydrogen-bond acceptors (Lipinski definition) is 3. The van der Waals surface area contributed by atoms with Crippen LogP contribution in [-0.4, -0.2) is 29.3 Å². The predicted octanol–water partition coefficient (Wildman–Crippen LogP) is 3.70. The van der Waals surface area contributed by atoms with Gasteiger partial charge >= 0.3 is 11.9 Å². The molecule has 0 N–H and O–H groups in total. The molecule has 0 saturated carbocycles. The molecule has 2 aromatic rings. The number of ether oxygens (including phenoxy) is 1. The number of urea groups is 1. The third-order valence-corrected chi connectivity index (χ3v) is 4.84. The highest BCUT2D eigenvalue weighted by atomic mass is 19.1. The number of carbonyl (C=O) groups is 2. The van der Waals surface area contributed by atoms with Crippen molar-refractivity contribution >= 4 is 23.3 Å². The monoisotopic (exact) mass is 377 g/mol. The van der Waals surface area contributed by atoms with Gasteiger partial charge in [0.2, 0.25) is 0 Å². The average molecular weight is 377 g/mol. The second kappa shape index (κ2) is 7.23. The van der Waals surface area contributed by atoms with Crippen molar-refractivity contribution in [3.8, 4) is 5.75 Å². The van der Waals surface area contributed by atoms with E-state index < -0.39 is 17.8 Å². The lowest BCUT2D eigenvalue weighted by Crippen LogP contribution is -2.54. The smallest absolute Gasteiger partial charge is 0.497 e. The number of fused-ring (bicyclic) bond motifs is 1. The van der Waals surface area contributed by atoms with Crippen molar-refractivity contribution in [3.63, 3.8) is 0 Å². The second-order valence-electron chi connectivity index (χ2n) is 6.48. The van der Waals surface area contributed by atoms with Crippen LogP contribution in [0.25, 0.3) is 0 Å². The van der Waals surface area contributed by atoms with E-state index in [0.717, 1.165) is 4.90 Å². The lowest BCUT2D eigenvalue weighted by Gasteiger charge is -2.26. The highest BCUT2D eigenvalue weighted by Crippen LogP contribution is 2.27. The molecule has 1 aliphatic carbocycles. The number of benzene rings is 2. The Bertz CT molecular complexity index is 1040. The number of imide groups is 1. The summed E-state index contributed by atoms with van der Waals surface area (Å²) in [6, 6.07) is 12.5. The minimum absolute atomic E-state index is 0.0372. The molecule has 1 atom stereocenters. The molecule has 2 aromatic carbocycles. The zero-order chi connectivity index (χ0) is 19.7. The van der Waals surface area contributed by atoms with E-state index in [9.17, 15) is 14.0 Å². The number of carbonyl (C=O) groups excluding carboxylic acids is 2. The quantitative estimate of drug-likeness (QED) is 0.764. The Balaban J connectivity index is 1.79. The first-order valence-corrected chi connectivity index (χ1v) is 8.85. The summed E-state index contributed by atoms with van der Waals surface area (Å²) in [5.74, 6) is -0.709. The minimum Gasteiger partial charge on any atom is -0.497 e. The molecule has 0 spiro atoms. The molecular formula is C22H18FN2O3+. The van der Waals surface area contributed by atoms with Gasteiger partial charge in [0.15, 0.2) is 0 Å². The van der Waals surface area contributed by atoms with Gasteiger partial charge in [0, 0.05) is 5.56 Å². The van der Waals surface area contributed by atoms with Crippen LogP contribution < -0.4 is 9.64 Å². The standard InChI is InChI=1S/C22H18FN2O3/c1-28-17-12-10-16(11-13-17)25-21(26)18-7-3-5-9-20(18)24(22(25)27)14-15-6-2-4-8-19(15)23/h2-13,18H,14H2,1H3/q+1. The normalized spacial score (nSPS) is 18.5. The third-order valence-electron chi connectivity index (χ3n) is 4.84. The van der Waals surface area contributed by atoms with Crippen LogP contribution in [0.4, 0.5) is 14.9 Å². The van der Waals surface area contributed by atoms with Gasteiger partial charge < -0.3 is 4.74 Å². The van der Waals surface area contributed by atoms with Gasteiger partial charge in [-0.15, -0.1) is 4.90 Å². The molecule has 5 nitrogen and oxygen atoms in total. The molecule has 0 fully saturated rings. The van der Waals surface area contributed by atoms with Crippen LogP contribution in [0.5, 0.6) is 5.75 Å². The van der Waals surface area contributed by atoms with Crippen molar-refractivity contribution in [1.29, 1.82) is 0 Å². The summed E-state index contributed by atoms with van der Waals surface area (Å²) in [6.45, 7) is 0.0372. The first kappa shape index (κ1) is 17.9. The maximum Gasteiger partial charge on any atom is 0.506 e. The van der Waals surface area contributed by atoms with Gasteiger partial charge in [-0.05, 0) is 36.4 Å². The molecule has 1 aliphatic heterocycles. The molecule has 2 aliphatic rings. The van der Waals surface area contributed by atoms with E-state index in [4.69, 9.17) is 4.74 Å². The second-order valence-corrected chi connectivity index (χ2v) is 6.48. The summed E-state index contributed by atoms with van der Waals surface area (Å²) in [4.78, 5) is 27.5. The molecule has 6 heteroatoms. The molecule has 3 amide bonds. The van der Waals surface area contributed by atoms with E-state index in [-0.39, 0.29) is 12.5 Å². The van der Waals surface area contributed by atoms with Gasteiger partial charge in [0.1, 0.15) is 35.4 Å². The van der Waals surface area contributed by atoms with E-state index >= 15 is 0 Å². The SMILES string of the molecule is COc1ccc(N2C(=O)C3C=CC=CC3=[N+](Cc3ccccc3F)C2=O)cc1. The topological polar surface area (TPSA) is 49.6 Å². The highest BCUT2D eigenvalue weighted by Gasteiger charge is 2.48. The van der Waals surface area contributed by atoms with Crippen LogP contribution in [0.2, 0.25) is 0 Å². The maximum absolute atomic E-state index is 14.2. The van der Waals surface area contributed by atoms with Gasteiger partial charge in [-0.1, -0.05) is 36.4 Å². The Morgan fingerprint density at radius 1 is 1.07 bits per heavy atom. The Labute approximate surface area is 161 Å². The molecular weight excluding hydrogens is 359 g/mol. The number of rotatable bonds is 4. The van der Waals surface area contributed by atoms with E-state index in [2.05, 4.69) is 0 Å². The summed E-state index contributed by atoms with van der Waals surface area (Å²) in [5.41, 5.74) is 1.37. The largest absolute Gasteiger partial charge is 0.506 e. The number of nitrogens with zero attached hydrogens (tertiary/aromatic N) is 2. The molecule has 140 valence electrons. The summed E-state index contributed by atoms with van der Waals surface area (Å²) in [6.07, 6.45) is 7.01. The van der Waals surface area contributed by atoms with Crippen molar-refractivity contribution in [2.24, 2.45) is 5.92 Å². The average Bonchev–Trinajstić information content (AvgIpc) is 2.73. The Kier molecular flexibility index (Phi) is 4.61. The van der Waals surface area contributed by atoms with Gasteiger partial charge in [0.05, 0.1) is 7.11 Å². The summed E-state index contributed by atoms with van der Waals surface area (Å²) >= 11 is 0. The van der Waals surface area contributed by atoms with Crippen LogP contribution in [0.3, 0.4) is 0 Å². The number of halogens is 1. The molecule has 0 radical (unpaired) electrons. The van der Waals surface area contributed by atoms with Gasteiger partial charge in [-0.25, -0.2) is 9.18 Å². The molecule has 4 rings (SSSR count). The number of amides is 3. The van der Waals surface area contributed by atoms with Crippen LogP contribution in [0.1, 0.15) is 5.56 Å². The fourth-order valence-corrected chi connectivity index (χ4v) is 3.39. The molecule has 0 bridgehead atoms. The van der Waals surface area contributed by atoms with E-state index in [1.165, 1.54) is 10.6 Å². The fourth-order valence-electron chi connectivity index (χ4n) is 3.39. The van der Waals surface area contributed by atoms with Gasteiger partial charge in [-0.2, -0.15) is 9.37 Å². The van der Waals surface area contributed by atoms with Crippen LogP contribution in [0, 0.1) is 11.7 Å². The summed E-state index contributed by atoms with van der Waals surface area (Å²) in [7, 11) is 1.54. The van der Waals surface area contributed by atoms with Crippen LogP contribution in [0.15, 0.2) is 72.8 Å². The Hall–Kier alpha value is -3.54. The number of allylic oxidation sites excluding steroid dienone is 3. The molecule has 0 saturated heterocycles. The Morgan fingerprint density at radius 2 is 1.82 bits per heavy atom. The van der Waals surface area contributed by atoms with Crippen molar-refractivity contribution in [1.82, 2.24) is 0 Å². The third kappa shape index (κ3) is 3.03. The van der Waals surface area contributed by atoms with Crippen molar-refractivity contribution < 1.29 is 23.3 Å².